The van der Waals surface area contributed by atoms with Crippen LogP contribution < -0.4 is 5.32 Å². The molecule has 1 N–H and O–H groups in total. The summed E-state index contributed by atoms with van der Waals surface area (Å²) in [6, 6.07) is 13.5. The van der Waals surface area contributed by atoms with E-state index in [1.165, 1.54) is 23.5 Å². The van der Waals surface area contributed by atoms with Crippen LogP contribution in [0, 0.1) is 17.1 Å². The third-order valence-electron chi connectivity index (χ3n) is 6.50. The summed E-state index contributed by atoms with van der Waals surface area (Å²) in [6.07, 6.45) is 4.21. The van der Waals surface area contributed by atoms with Crippen LogP contribution in [0.5, 0.6) is 0 Å². The first-order chi connectivity index (χ1) is 19.1. The molecule has 4 aromatic rings. The van der Waals surface area contributed by atoms with Crippen LogP contribution in [0.4, 0.5) is 9.18 Å². The molecular weight excluding hydrogens is 529 g/mol. The first-order valence-electron chi connectivity index (χ1n) is 12.9. The standard InChI is InChI=1S/C30H28FN5O3S/c1-30(2,3)39-29(38)35-21-5-4-12-36(17-21)28(37)26-15-22(18-6-7-20(16-32)23(31)13-18)27(40-26)19-8-9-24-25(14-19)34-11-10-33-24/h6-11,13-15,21H,4-5,12,17H2,1-3H3,(H,35,38). The monoisotopic (exact) mass is 557 g/mol. The molecule has 1 saturated heterocycles. The third kappa shape index (κ3) is 5.95. The van der Waals surface area contributed by atoms with Crippen LogP contribution in [0.15, 0.2) is 54.9 Å². The summed E-state index contributed by atoms with van der Waals surface area (Å²) in [5, 5.41) is 12.1. The van der Waals surface area contributed by atoms with E-state index in [9.17, 15) is 19.2 Å². The van der Waals surface area contributed by atoms with Gasteiger partial charge in [0.1, 0.15) is 17.5 Å². The fraction of sp³-hybridized carbons (Fsp3) is 0.300. The molecule has 1 aliphatic heterocycles. The lowest BCUT2D eigenvalue weighted by molar-refractivity contribution is 0.0453. The van der Waals surface area contributed by atoms with Crippen LogP contribution in [0.1, 0.15) is 48.8 Å². The summed E-state index contributed by atoms with van der Waals surface area (Å²) < 4.78 is 20.0. The Morgan fingerprint density at radius 1 is 1.10 bits per heavy atom. The number of carbonyl (C=O) groups is 2. The fourth-order valence-electron chi connectivity index (χ4n) is 4.71. The predicted molar refractivity (Wildman–Crippen MR) is 151 cm³/mol. The second kappa shape index (κ2) is 11.0. The maximum absolute atomic E-state index is 14.6. The van der Waals surface area contributed by atoms with Gasteiger partial charge in [-0.05, 0) is 75.1 Å². The highest BCUT2D eigenvalue weighted by Crippen LogP contribution is 2.41. The maximum Gasteiger partial charge on any atom is 0.407 e. The van der Waals surface area contributed by atoms with Crippen molar-refractivity contribution in [3.8, 4) is 27.6 Å². The minimum atomic E-state index is -0.624. The molecule has 8 nitrogen and oxygen atoms in total. The first-order valence-corrected chi connectivity index (χ1v) is 13.8. The summed E-state index contributed by atoms with van der Waals surface area (Å²) in [5.74, 6) is -0.788. The van der Waals surface area contributed by atoms with Crippen LogP contribution in [-0.2, 0) is 4.74 Å². The fourth-order valence-corrected chi connectivity index (χ4v) is 5.86. The molecule has 10 heteroatoms. The zero-order chi connectivity index (χ0) is 28.4. The van der Waals surface area contributed by atoms with Crippen molar-refractivity contribution in [2.24, 2.45) is 0 Å². The minimum absolute atomic E-state index is 0.0466. The number of likely N-dealkylation sites (tertiary alicyclic amines) is 1. The van der Waals surface area contributed by atoms with Gasteiger partial charge in [-0.3, -0.25) is 14.8 Å². The number of benzene rings is 2. The van der Waals surface area contributed by atoms with Gasteiger partial charge in [0, 0.05) is 42.0 Å². The molecule has 2 amide bonds. The van der Waals surface area contributed by atoms with Gasteiger partial charge in [-0.2, -0.15) is 5.26 Å². The van der Waals surface area contributed by atoms with Gasteiger partial charge in [0.15, 0.2) is 0 Å². The number of amides is 2. The van der Waals surface area contributed by atoms with E-state index in [2.05, 4.69) is 15.3 Å². The van der Waals surface area contributed by atoms with E-state index in [0.29, 0.717) is 34.6 Å². The zero-order valence-corrected chi connectivity index (χ0v) is 23.2. The number of piperidine rings is 1. The number of ether oxygens (including phenoxy) is 1. The molecule has 5 rings (SSSR count). The van der Waals surface area contributed by atoms with Crippen molar-refractivity contribution in [1.82, 2.24) is 20.2 Å². The molecule has 2 aromatic heterocycles. The molecule has 1 atom stereocenters. The summed E-state index contributed by atoms with van der Waals surface area (Å²) in [6.45, 7) is 6.33. The van der Waals surface area contributed by atoms with Gasteiger partial charge < -0.3 is 15.0 Å². The molecule has 204 valence electrons. The zero-order valence-electron chi connectivity index (χ0n) is 22.4. The summed E-state index contributed by atoms with van der Waals surface area (Å²) in [5.41, 5.74) is 2.84. The number of aromatic nitrogens is 2. The number of alkyl carbamates (subject to hydrolysis) is 1. The smallest absolute Gasteiger partial charge is 0.407 e. The van der Waals surface area contributed by atoms with E-state index in [1.807, 2.05) is 24.3 Å². The highest BCUT2D eigenvalue weighted by atomic mass is 32.1. The highest BCUT2D eigenvalue weighted by Gasteiger charge is 2.29. The Bertz CT molecular complexity index is 1640. The number of nitriles is 1. The van der Waals surface area contributed by atoms with Gasteiger partial charge in [0.25, 0.3) is 5.91 Å². The topological polar surface area (TPSA) is 108 Å². The minimum Gasteiger partial charge on any atom is -0.444 e. The van der Waals surface area contributed by atoms with Crippen LogP contribution in [0.25, 0.3) is 32.6 Å². The highest BCUT2D eigenvalue weighted by molar-refractivity contribution is 7.18. The van der Waals surface area contributed by atoms with Crippen molar-refractivity contribution in [1.29, 1.82) is 5.26 Å². The molecule has 1 aliphatic rings. The number of nitrogens with one attached hydrogen (secondary N) is 1. The number of rotatable bonds is 4. The first kappa shape index (κ1) is 27.2. The largest absolute Gasteiger partial charge is 0.444 e. The van der Waals surface area contributed by atoms with Crippen molar-refractivity contribution in [2.45, 2.75) is 45.3 Å². The molecule has 1 unspecified atom stereocenters. The predicted octanol–water partition coefficient (Wildman–Crippen LogP) is 6.17. The molecule has 0 bridgehead atoms. The Morgan fingerprint density at radius 2 is 1.85 bits per heavy atom. The number of hydrogen-bond donors (Lipinski definition) is 1. The number of hydrogen-bond acceptors (Lipinski definition) is 7. The Balaban J connectivity index is 1.48. The van der Waals surface area contributed by atoms with Crippen molar-refractivity contribution in [3.05, 3.63) is 71.1 Å². The Hall–Kier alpha value is -4.36. The van der Waals surface area contributed by atoms with Gasteiger partial charge in [-0.15, -0.1) is 11.3 Å². The number of fused-ring (bicyclic) bond motifs is 1. The van der Waals surface area contributed by atoms with Crippen molar-refractivity contribution in [2.75, 3.05) is 13.1 Å². The lowest BCUT2D eigenvalue weighted by atomic mass is 10.00. The van der Waals surface area contributed by atoms with Gasteiger partial charge in [0.2, 0.25) is 0 Å². The Labute approximate surface area is 235 Å². The second-order valence-corrected chi connectivity index (χ2v) is 11.7. The number of halogens is 1. The summed E-state index contributed by atoms with van der Waals surface area (Å²) in [4.78, 5) is 37.8. The third-order valence-corrected chi connectivity index (χ3v) is 7.68. The molecule has 3 heterocycles. The van der Waals surface area contributed by atoms with Gasteiger partial charge in [-0.25, -0.2) is 9.18 Å². The normalized spacial score (nSPS) is 15.5. The molecule has 40 heavy (non-hydrogen) atoms. The van der Waals surface area contributed by atoms with Crippen molar-refractivity contribution >= 4 is 34.4 Å². The number of nitrogens with zero attached hydrogens (tertiary/aromatic N) is 4. The maximum atomic E-state index is 14.6. The summed E-state index contributed by atoms with van der Waals surface area (Å²) in [7, 11) is 0. The Kier molecular flexibility index (Phi) is 7.50. The van der Waals surface area contributed by atoms with Gasteiger partial charge >= 0.3 is 6.09 Å². The van der Waals surface area contributed by atoms with Gasteiger partial charge in [-0.1, -0.05) is 12.1 Å². The summed E-state index contributed by atoms with van der Waals surface area (Å²) >= 11 is 1.32. The number of thiophene rings is 1. The average molecular weight is 558 g/mol. The van der Waals surface area contributed by atoms with E-state index in [1.54, 1.807) is 50.2 Å². The molecule has 0 saturated carbocycles. The number of carbonyl (C=O) groups excluding carboxylic acids is 2. The van der Waals surface area contributed by atoms with Gasteiger partial charge in [0.05, 0.1) is 21.5 Å². The second-order valence-electron chi connectivity index (χ2n) is 10.7. The molecule has 0 aliphatic carbocycles. The van der Waals surface area contributed by atoms with Crippen LogP contribution >= 0.6 is 11.3 Å². The van der Waals surface area contributed by atoms with Crippen molar-refractivity contribution in [3.63, 3.8) is 0 Å². The van der Waals surface area contributed by atoms with E-state index >= 15 is 0 Å². The van der Waals surface area contributed by atoms with Crippen LogP contribution in [-0.4, -0.2) is 51.6 Å². The molecular formula is C30H28FN5O3S. The van der Waals surface area contributed by atoms with E-state index in [4.69, 9.17) is 4.74 Å². The molecule has 2 aromatic carbocycles. The average Bonchev–Trinajstić information content (AvgIpc) is 3.37. The SMILES string of the molecule is CC(C)(C)OC(=O)NC1CCCN(C(=O)c2cc(-c3ccc(C#N)c(F)c3)c(-c3ccc4nccnc4c3)s2)C1. The van der Waals surface area contributed by atoms with E-state index in [-0.39, 0.29) is 17.5 Å². The quantitative estimate of drug-likeness (QED) is 0.322. The molecule has 1 fully saturated rings. The molecule has 0 radical (unpaired) electrons. The molecule has 0 spiro atoms. The lowest BCUT2D eigenvalue weighted by Crippen LogP contribution is -2.50. The Morgan fingerprint density at radius 3 is 2.58 bits per heavy atom. The van der Waals surface area contributed by atoms with E-state index < -0.39 is 17.5 Å². The van der Waals surface area contributed by atoms with Crippen LogP contribution in [0.3, 0.4) is 0 Å². The van der Waals surface area contributed by atoms with E-state index in [0.717, 1.165) is 28.8 Å². The van der Waals surface area contributed by atoms with Crippen molar-refractivity contribution < 1.29 is 18.7 Å². The van der Waals surface area contributed by atoms with Crippen LogP contribution in [0.2, 0.25) is 0 Å². The lowest BCUT2D eigenvalue weighted by Gasteiger charge is -2.33.